The molecule has 0 saturated carbocycles. The molecule has 0 fully saturated rings. The maximum absolute atomic E-state index is 5.03. The molecule has 54 heavy (non-hydrogen) atoms. The van der Waals surface area contributed by atoms with Gasteiger partial charge in [0.15, 0.2) is 5.82 Å². The van der Waals surface area contributed by atoms with Crippen molar-refractivity contribution in [2.45, 2.75) is 0 Å². The van der Waals surface area contributed by atoms with Crippen LogP contribution in [-0.4, -0.2) is 24.9 Å². The standard InChI is InChI=1S/C49H33N5/c1-4-12-34(13-5-1)35-19-21-37(22-20-35)42-30-47(43-18-10-11-29-50-43)52-48(31-42)44-28-27-41(33-51-44)36-23-25-40(26-24-36)49-53-45(38-14-6-2-7-15-38)32-46(54-49)39-16-8-3-9-17-39/h1-33H. The van der Waals surface area contributed by atoms with Crippen LogP contribution in [0.1, 0.15) is 0 Å². The first kappa shape index (κ1) is 32.5. The van der Waals surface area contributed by atoms with Gasteiger partial charge in [-0.05, 0) is 64.2 Å². The van der Waals surface area contributed by atoms with Crippen molar-refractivity contribution in [2.75, 3.05) is 0 Å². The summed E-state index contributed by atoms with van der Waals surface area (Å²) in [5.74, 6) is 0.680. The molecule has 9 aromatic rings. The van der Waals surface area contributed by atoms with Crippen molar-refractivity contribution < 1.29 is 0 Å². The van der Waals surface area contributed by atoms with E-state index in [0.29, 0.717) is 5.82 Å². The van der Waals surface area contributed by atoms with E-state index >= 15 is 0 Å². The molecule has 0 spiro atoms. The van der Waals surface area contributed by atoms with Crippen molar-refractivity contribution in [3.05, 3.63) is 200 Å². The van der Waals surface area contributed by atoms with E-state index in [0.717, 1.165) is 73.1 Å². The molecule has 0 N–H and O–H groups in total. The normalized spacial score (nSPS) is 11.0. The van der Waals surface area contributed by atoms with Gasteiger partial charge >= 0.3 is 0 Å². The van der Waals surface area contributed by atoms with E-state index in [1.165, 1.54) is 11.1 Å². The average Bonchev–Trinajstić information content (AvgIpc) is 3.27. The minimum absolute atomic E-state index is 0.680. The maximum Gasteiger partial charge on any atom is 0.160 e. The van der Waals surface area contributed by atoms with E-state index in [2.05, 4.69) is 126 Å². The van der Waals surface area contributed by atoms with Crippen LogP contribution in [0.25, 0.3) is 90.1 Å². The molecule has 0 amide bonds. The number of nitrogens with zero attached hydrogens (tertiary/aromatic N) is 5. The second-order valence-corrected chi connectivity index (χ2v) is 13.0. The zero-order valence-electron chi connectivity index (χ0n) is 29.3. The van der Waals surface area contributed by atoms with Crippen molar-refractivity contribution in [1.82, 2.24) is 24.9 Å². The zero-order valence-corrected chi connectivity index (χ0v) is 29.3. The number of aromatic nitrogens is 5. The number of hydrogen-bond acceptors (Lipinski definition) is 5. The topological polar surface area (TPSA) is 64.5 Å². The molecule has 4 heterocycles. The minimum Gasteiger partial charge on any atom is -0.255 e. The molecule has 0 saturated heterocycles. The Bertz CT molecular complexity index is 2590. The highest BCUT2D eigenvalue weighted by Crippen LogP contribution is 2.33. The van der Waals surface area contributed by atoms with Gasteiger partial charge in [-0.15, -0.1) is 0 Å². The van der Waals surface area contributed by atoms with E-state index in [9.17, 15) is 0 Å². The van der Waals surface area contributed by atoms with Crippen LogP contribution in [0.3, 0.4) is 0 Å². The van der Waals surface area contributed by atoms with Gasteiger partial charge in [-0.1, -0.05) is 152 Å². The summed E-state index contributed by atoms with van der Waals surface area (Å²) in [6, 6.07) is 64.2. The molecule has 9 rings (SSSR count). The Balaban J connectivity index is 1.02. The fourth-order valence-electron chi connectivity index (χ4n) is 6.58. The summed E-state index contributed by atoms with van der Waals surface area (Å²) in [5.41, 5.74) is 14.6. The summed E-state index contributed by atoms with van der Waals surface area (Å²) in [7, 11) is 0. The molecule has 0 atom stereocenters. The van der Waals surface area contributed by atoms with Crippen LogP contribution in [0, 0.1) is 0 Å². The first-order valence-corrected chi connectivity index (χ1v) is 17.9. The Kier molecular flexibility index (Phi) is 8.86. The minimum atomic E-state index is 0.680. The zero-order chi connectivity index (χ0) is 36.1. The molecule has 5 aromatic carbocycles. The van der Waals surface area contributed by atoms with E-state index in [4.69, 9.17) is 19.9 Å². The highest BCUT2D eigenvalue weighted by molar-refractivity contribution is 5.78. The molecular formula is C49H33N5. The lowest BCUT2D eigenvalue weighted by atomic mass is 9.99. The summed E-state index contributed by atoms with van der Waals surface area (Å²) in [5, 5.41) is 0. The van der Waals surface area contributed by atoms with Gasteiger partial charge in [0.25, 0.3) is 0 Å². The molecule has 0 radical (unpaired) electrons. The summed E-state index contributed by atoms with van der Waals surface area (Å²) in [6.45, 7) is 0. The van der Waals surface area contributed by atoms with Gasteiger partial charge in [0.2, 0.25) is 0 Å². The van der Waals surface area contributed by atoms with Crippen molar-refractivity contribution in [3.63, 3.8) is 0 Å². The number of rotatable bonds is 8. The van der Waals surface area contributed by atoms with Gasteiger partial charge in [-0.25, -0.2) is 15.0 Å². The van der Waals surface area contributed by atoms with Gasteiger partial charge < -0.3 is 0 Å². The molecule has 4 aromatic heterocycles. The largest absolute Gasteiger partial charge is 0.255 e. The highest BCUT2D eigenvalue weighted by Gasteiger charge is 2.13. The molecular weight excluding hydrogens is 659 g/mol. The first-order chi connectivity index (χ1) is 26.7. The third-order valence-corrected chi connectivity index (χ3v) is 9.45. The van der Waals surface area contributed by atoms with Gasteiger partial charge in [-0.2, -0.15) is 0 Å². The third kappa shape index (κ3) is 6.94. The quantitative estimate of drug-likeness (QED) is 0.159. The monoisotopic (exact) mass is 691 g/mol. The molecule has 254 valence electrons. The summed E-state index contributed by atoms with van der Waals surface area (Å²) >= 11 is 0. The second-order valence-electron chi connectivity index (χ2n) is 13.0. The molecule has 0 aliphatic carbocycles. The van der Waals surface area contributed by atoms with Crippen molar-refractivity contribution in [2.24, 2.45) is 0 Å². The van der Waals surface area contributed by atoms with E-state index < -0.39 is 0 Å². The lowest BCUT2D eigenvalue weighted by Gasteiger charge is -2.11. The van der Waals surface area contributed by atoms with Crippen LogP contribution in [0.2, 0.25) is 0 Å². The molecule has 0 aliphatic rings. The van der Waals surface area contributed by atoms with Crippen molar-refractivity contribution >= 4 is 0 Å². The summed E-state index contributed by atoms with van der Waals surface area (Å²) in [6.07, 6.45) is 3.71. The number of hydrogen-bond donors (Lipinski definition) is 0. The molecule has 0 bridgehead atoms. The Morgan fingerprint density at radius 3 is 1.20 bits per heavy atom. The SMILES string of the molecule is c1ccc(-c2ccc(-c3cc(-c4ccccn4)nc(-c4ccc(-c5ccc(-c6nc(-c7ccccc7)cc(-c7ccccc7)n6)cc5)cn4)c3)cc2)cc1. The fourth-order valence-corrected chi connectivity index (χ4v) is 6.58. The molecule has 5 heteroatoms. The Hall–Kier alpha value is -7.37. The molecule has 0 unspecified atom stereocenters. The summed E-state index contributed by atoms with van der Waals surface area (Å²) < 4.78 is 0. The molecule has 5 nitrogen and oxygen atoms in total. The maximum atomic E-state index is 5.03. The lowest BCUT2D eigenvalue weighted by molar-refractivity contribution is 1.18. The van der Waals surface area contributed by atoms with Gasteiger partial charge in [-0.3, -0.25) is 9.97 Å². The van der Waals surface area contributed by atoms with Crippen molar-refractivity contribution in [1.29, 1.82) is 0 Å². The predicted octanol–water partition coefficient (Wildman–Crippen LogP) is 12.0. The van der Waals surface area contributed by atoms with Crippen LogP contribution in [0.4, 0.5) is 0 Å². The Morgan fingerprint density at radius 1 is 0.241 bits per heavy atom. The second kappa shape index (κ2) is 14.7. The van der Waals surface area contributed by atoms with Crippen LogP contribution >= 0.6 is 0 Å². The number of benzene rings is 5. The highest BCUT2D eigenvalue weighted by atomic mass is 14.9. The smallest absolute Gasteiger partial charge is 0.160 e. The lowest BCUT2D eigenvalue weighted by Crippen LogP contribution is -1.96. The third-order valence-electron chi connectivity index (χ3n) is 9.45. The van der Waals surface area contributed by atoms with Gasteiger partial charge in [0, 0.05) is 34.6 Å². The first-order valence-electron chi connectivity index (χ1n) is 17.9. The van der Waals surface area contributed by atoms with Gasteiger partial charge in [0.1, 0.15) is 0 Å². The fraction of sp³-hybridized carbons (Fsp3) is 0. The average molecular weight is 692 g/mol. The van der Waals surface area contributed by atoms with E-state index in [1.807, 2.05) is 72.9 Å². The van der Waals surface area contributed by atoms with E-state index in [1.54, 1.807) is 6.20 Å². The Labute approximate surface area is 314 Å². The van der Waals surface area contributed by atoms with Gasteiger partial charge in [0.05, 0.1) is 34.2 Å². The van der Waals surface area contributed by atoms with Crippen LogP contribution in [0.5, 0.6) is 0 Å². The Morgan fingerprint density at radius 2 is 0.685 bits per heavy atom. The van der Waals surface area contributed by atoms with Crippen molar-refractivity contribution in [3.8, 4) is 90.1 Å². The van der Waals surface area contributed by atoms with Crippen LogP contribution in [-0.2, 0) is 0 Å². The predicted molar refractivity (Wildman–Crippen MR) is 219 cm³/mol. The van der Waals surface area contributed by atoms with E-state index in [-0.39, 0.29) is 0 Å². The number of pyridine rings is 3. The summed E-state index contributed by atoms with van der Waals surface area (Å²) in [4.78, 5) is 24.5. The van der Waals surface area contributed by atoms with Crippen LogP contribution in [0.15, 0.2) is 200 Å². The van der Waals surface area contributed by atoms with Crippen LogP contribution < -0.4 is 0 Å². The molecule has 0 aliphatic heterocycles.